The highest BCUT2D eigenvalue weighted by molar-refractivity contribution is 5.67. The number of hydrogen-bond acceptors (Lipinski definition) is 5. The van der Waals surface area contributed by atoms with Gasteiger partial charge in [0.2, 0.25) is 0 Å². The van der Waals surface area contributed by atoms with Gasteiger partial charge in [0, 0.05) is 6.92 Å². The molecule has 12 heavy (non-hydrogen) atoms. The first kappa shape index (κ1) is 10.7. The van der Waals surface area contributed by atoms with E-state index < -0.39 is 12.1 Å². The van der Waals surface area contributed by atoms with E-state index in [1.165, 1.54) is 6.92 Å². The predicted molar refractivity (Wildman–Crippen MR) is 39.9 cm³/mol. The molecular weight excluding hydrogens is 164 g/mol. The minimum absolute atomic E-state index is 0.176. The SMILES string of the molecule is CC(=O)O[C@H](C)CNC(=O)ON. The van der Waals surface area contributed by atoms with E-state index in [1.807, 2.05) is 0 Å². The third-order valence-electron chi connectivity index (χ3n) is 1.01. The zero-order chi connectivity index (χ0) is 9.56. The number of nitrogens with one attached hydrogen (secondary N) is 1. The lowest BCUT2D eigenvalue weighted by molar-refractivity contribution is -0.145. The van der Waals surface area contributed by atoms with Gasteiger partial charge >= 0.3 is 12.1 Å². The summed E-state index contributed by atoms with van der Waals surface area (Å²) in [7, 11) is 0. The van der Waals surface area contributed by atoms with Crippen LogP contribution in [0.15, 0.2) is 0 Å². The molecule has 0 saturated heterocycles. The smallest absolute Gasteiger partial charge is 0.426 e. The predicted octanol–water partition coefficient (Wildman–Crippen LogP) is -0.462. The molecule has 0 fully saturated rings. The van der Waals surface area contributed by atoms with Gasteiger partial charge in [-0.2, -0.15) is 5.90 Å². The molecule has 0 aliphatic rings. The molecule has 1 atom stereocenters. The van der Waals surface area contributed by atoms with Crippen molar-refractivity contribution in [3.05, 3.63) is 0 Å². The maximum atomic E-state index is 10.4. The molecule has 1 amide bonds. The number of carbonyl (C=O) groups is 2. The molecule has 0 aromatic rings. The Bertz CT molecular complexity index is 171. The average molecular weight is 176 g/mol. The van der Waals surface area contributed by atoms with Crippen LogP contribution in [0.25, 0.3) is 0 Å². The first-order chi connectivity index (χ1) is 5.56. The zero-order valence-corrected chi connectivity index (χ0v) is 6.99. The summed E-state index contributed by atoms with van der Waals surface area (Å²) in [5, 5.41) is 2.27. The van der Waals surface area contributed by atoms with Gasteiger partial charge in [0.05, 0.1) is 6.54 Å². The number of carbonyl (C=O) groups excluding carboxylic acids is 2. The third kappa shape index (κ3) is 5.48. The lowest BCUT2D eigenvalue weighted by atomic mass is 10.4. The molecule has 0 saturated carbocycles. The first-order valence-corrected chi connectivity index (χ1v) is 3.38. The van der Waals surface area contributed by atoms with Gasteiger partial charge in [0.1, 0.15) is 6.10 Å². The van der Waals surface area contributed by atoms with Crippen LogP contribution < -0.4 is 11.2 Å². The highest BCUT2D eigenvalue weighted by atomic mass is 16.7. The van der Waals surface area contributed by atoms with Crippen LogP contribution in [-0.2, 0) is 14.4 Å². The molecule has 6 nitrogen and oxygen atoms in total. The lowest BCUT2D eigenvalue weighted by Gasteiger charge is -2.11. The Balaban J connectivity index is 3.50. The van der Waals surface area contributed by atoms with E-state index in [9.17, 15) is 9.59 Å². The third-order valence-corrected chi connectivity index (χ3v) is 1.01. The second-order valence-corrected chi connectivity index (χ2v) is 2.21. The number of ether oxygens (including phenoxy) is 1. The number of amides is 1. The Morgan fingerprint density at radius 3 is 2.58 bits per heavy atom. The van der Waals surface area contributed by atoms with Crippen molar-refractivity contribution in [3.8, 4) is 0 Å². The molecule has 70 valence electrons. The summed E-state index contributed by atoms with van der Waals surface area (Å²) in [5.41, 5.74) is 0. The van der Waals surface area contributed by atoms with Crippen molar-refractivity contribution >= 4 is 12.1 Å². The number of nitrogens with two attached hydrogens (primary N) is 1. The Morgan fingerprint density at radius 1 is 1.58 bits per heavy atom. The molecule has 0 radical (unpaired) electrons. The van der Waals surface area contributed by atoms with E-state index in [1.54, 1.807) is 6.92 Å². The van der Waals surface area contributed by atoms with Gasteiger partial charge in [0.25, 0.3) is 0 Å². The quantitative estimate of drug-likeness (QED) is 0.448. The topological polar surface area (TPSA) is 90.6 Å². The van der Waals surface area contributed by atoms with Crippen molar-refractivity contribution in [2.75, 3.05) is 6.54 Å². The number of esters is 1. The van der Waals surface area contributed by atoms with Crippen molar-refractivity contribution in [1.82, 2.24) is 5.32 Å². The van der Waals surface area contributed by atoms with Gasteiger partial charge in [-0.05, 0) is 6.92 Å². The van der Waals surface area contributed by atoms with E-state index >= 15 is 0 Å². The van der Waals surface area contributed by atoms with Crippen molar-refractivity contribution in [2.24, 2.45) is 5.90 Å². The Labute approximate surface area is 70.0 Å². The normalized spacial score (nSPS) is 11.6. The molecule has 0 aromatic heterocycles. The van der Waals surface area contributed by atoms with Crippen molar-refractivity contribution in [3.63, 3.8) is 0 Å². The van der Waals surface area contributed by atoms with Crippen molar-refractivity contribution in [1.29, 1.82) is 0 Å². The highest BCUT2D eigenvalue weighted by Crippen LogP contribution is 1.88. The van der Waals surface area contributed by atoms with Gasteiger partial charge in [-0.15, -0.1) is 0 Å². The summed E-state index contributed by atoms with van der Waals surface area (Å²) in [6, 6.07) is 0. The summed E-state index contributed by atoms with van der Waals surface area (Å²) in [6.45, 7) is 3.10. The van der Waals surface area contributed by atoms with E-state index in [0.29, 0.717) is 0 Å². The monoisotopic (exact) mass is 176 g/mol. The molecule has 0 heterocycles. The van der Waals surface area contributed by atoms with Gasteiger partial charge in [-0.3, -0.25) is 4.79 Å². The molecule has 0 rings (SSSR count). The van der Waals surface area contributed by atoms with Crippen LogP contribution in [-0.4, -0.2) is 24.7 Å². The standard InChI is InChI=1S/C6H12N2O4/c1-4(11-5(2)9)3-8-6(10)12-7/h4H,3,7H2,1-2H3,(H,8,10)/t4-/m1/s1. The lowest BCUT2D eigenvalue weighted by Crippen LogP contribution is -2.34. The van der Waals surface area contributed by atoms with Crippen LogP contribution in [0.4, 0.5) is 4.79 Å². The molecule has 0 aliphatic heterocycles. The fourth-order valence-electron chi connectivity index (χ4n) is 0.594. The highest BCUT2D eigenvalue weighted by Gasteiger charge is 2.07. The summed E-state index contributed by atoms with van der Waals surface area (Å²) in [6.07, 6.45) is -1.14. The molecule has 0 aromatic carbocycles. The van der Waals surface area contributed by atoms with Crippen LogP contribution in [0.5, 0.6) is 0 Å². The van der Waals surface area contributed by atoms with Gasteiger partial charge in [0.15, 0.2) is 0 Å². The van der Waals surface area contributed by atoms with Gasteiger partial charge in [-0.25, -0.2) is 4.79 Å². The maximum Gasteiger partial charge on any atom is 0.426 e. The average Bonchev–Trinajstić information content (AvgIpc) is 1.99. The zero-order valence-electron chi connectivity index (χ0n) is 6.99. The van der Waals surface area contributed by atoms with Crippen LogP contribution in [0.2, 0.25) is 0 Å². The maximum absolute atomic E-state index is 10.4. The van der Waals surface area contributed by atoms with Gasteiger partial charge < -0.3 is 14.9 Å². The fourth-order valence-corrected chi connectivity index (χ4v) is 0.594. The van der Waals surface area contributed by atoms with Crippen molar-refractivity contribution < 1.29 is 19.2 Å². The summed E-state index contributed by atoms with van der Waals surface area (Å²) in [5.74, 6) is 4.14. The minimum atomic E-state index is -0.756. The van der Waals surface area contributed by atoms with Crippen LogP contribution >= 0.6 is 0 Å². The molecule has 0 bridgehead atoms. The van der Waals surface area contributed by atoms with Crippen LogP contribution in [0.1, 0.15) is 13.8 Å². The molecule has 0 spiro atoms. The summed E-state index contributed by atoms with van der Waals surface area (Å²) < 4.78 is 4.70. The second kappa shape index (κ2) is 5.36. The van der Waals surface area contributed by atoms with E-state index in [2.05, 4.69) is 16.1 Å². The van der Waals surface area contributed by atoms with E-state index in [4.69, 9.17) is 4.74 Å². The number of hydrogen-bond donors (Lipinski definition) is 2. The Kier molecular flexibility index (Phi) is 4.78. The molecule has 0 aliphatic carbocycles. The first-order valence-electron chi connectivity index (χ1n) is 3.38. The molecule has 6 heteroatoms. The van der Waals surface area contributed by atoms with E-state index in [0.717, 1.165) is 0 Å². The summed E-state index contributed by atoms with van der Waals surface area (Å²) in [4.78, 5) is 24.6. The molecule has 3 N–H and O–H groups in total. The summed E-state index contributed by atoms with van der Waals surface area (Å²) >= 11 is 0. The fraction of sp³-hybridized carbons (Fsp3) is 0.667. The molecular formula is C6H12N2O4. The number of rotatable bonds is 3. The Hall–Kier alpha value is -1.30. The second-order valence-electron chi connectivity index (χ2n) is 2.21. The van der Waals surface area contributed by atoms with Crippen LogP contribution in [0.3, 0.4) is 0 Å². The van der Waals surface area contributed by atoms with E-state index in [-0.39, 0.29) is 12.6 Å². The Morgan fingerprint density at radius 2 is 2.17 bits per heavy atom. The molecule has 0 unspecified atom stereocenters. The van der Waals surface area contributed by atoms with Crippen LogP contribution in [0, 0.1) is 0 Å². The van der Waals surface area contributed by atoms with Gasteiger partial charge in [-0.1, -0.05) is 0 Å². The minimum Gasteiger partial charge on any atom is -0.461 e. The largest absolute Gasteiger partial charge is 0.461 e. The van der Waals surface area contributed by atoms with Crippen molar-refractivity contribution in [2.45, 2.75) is 20.0 Å².